The van der Waals surface area contributed by atoms with Crippen molar-refractivity contribution in [2.45, 2.75) is 51.4 Å². The molecule has 3 rings (SSSR count). The molecule has 1 aromatic heterocycles. The van der Waals surface area contributed by atoms with Crippen molar-refractivity contribution in [1.29, 1.82) is 0 Å². The fourth-order valence-corrected chi connectivity index (χ4v) is 2.93. The number of carbonyl (C=O) groups excluding carboxylic acids is 1. The van der Waals surface area contributed by atoms with Crippen LogP contribution in [0.5, 0.6) is 5.75 Å². The molecule has 0 unspecified atom stereocenters. The molecule has 1 saturated heterocycles. The van der Waals surface area contributed by atoms with E-state index in [1.165, 1.54) is 0 Å². The Labute approximate surface area is 148 Å². The van der Waals surface area contributed by atoms with E-state index >= 15 is 0 Å². The molecule has 2 heterocycles. The molecule has 25 heavy (non-hydrogen) atoms. The Bertz CT molecular complexity index is 690. The largest absolute Gasteiger partial charge is 0.485 e. The summed E-state index contributed by atoms with van der Waals surface area (Å²) in [6.07, 6.45) is 5.58. The average Bonchev–Trinajstić information content (AvgIpc) is 3.05. The van der Waals surface area contributed by atoms with Crippen LogP contribution >= 0.6 is 0 Å². The number of rotatable bonds is 7. The van der Waals surface area contributed by atoms with Gasteiger partial charge in [-0.05, 0) is 50.5 Å². The Kier molecular flexibility index (Phi) is 6.01. The summed E-state index contributed by atoms with van der Waals surface area (Å²) in [5, 5.41) is 2.94. The number of benzene rings is 1. The minimum absolute atomic E-state index is 0.0166. The zero-order valence-electron chi connectivity index (χ0n) is 14.5. The summed E-state index contributed by atoms with van der Waals surface area (Å²) in [5.41, 5.74) is 1.53. The van der Waals surface area contributed by atoms with E-state index in [4.69, 9.17) is 9.47 Å². The van der Waals surface area contributed by atoms with Gasteiger partial charge in [0.2, 0.25) is 5.91 Å². The van der Waals surface area contributed by atoms with Crippen molar-refractivity contribution in [2.24, 2.45) is 0 Å². The van der Waals surface area contributed by atoms with Crippen molar-refractivity contribution in [2.75, 3.05) is 5.32 Å². The maximum Gasteiger partial charge on any atom is 0.224 e. The van der Waals surface area contributed by atoms with Crippen LogP contribution in [-0.2, 0) is 16.1 Å². The average molecular weight is 340 g/mol. The first-order chi connectivity index (χ1) is 12.2. The van der Waals surface area contributed by atoms with Crippen LogP contribution in [0.4, 0.5) is 5.69 Å². The van der Waals surface area contributed by atoms with Gasteiger partial charge in [-0.15, -0.1) is 0 Å². The monoisotopic (exact) mass is 340 g/mol. The summed E-state index contributed by atoms with van der Waals surface area (Å²) >= 11 is 0. The topological polar surface area (TPSA) is 60.5 Å². The second-order valence-electron chi connectivity index (χ2n) is 6.34. The van der Waals surface area contributed by atoms with Crippen LogP contribution in [-0.4, -0.2) is 23.1 Å². The predicted octanol–water partition coefficient (Wildman–Crippen LogP) is 3.95. The molecule has 0 bridgehead atoms. The Morgan fingerprint density at radius 3 is 2.84 bits per heavy atom. The van der Waals surface area contributed by atoms with Gasteiger partial charge in [0.15, 0.2) is 0 Å². The van der Waals surface area contributed by atoms with Gasteiger partial charge in [0.25, 0.3) is 0 Å². The molecule has 1 amide bonds. The van der Waals surface area contributed by atoms with Gasteiger partial charge >= 0.3 is 0 Å². The normalized spacial score (nSPS) is 19.6. The minimum Gasteiger partial charge on any atom is -0.485 e. The number of para-hydroxylation sites is 2. The number of amides is 1. The molecular formula is C20H24N2O3. The van der Waals surface area contributed by atoms with Gasteiger partial charge in [-0.3, -0.25) is 9.78 Å². The molecule has 1 N–H and O–H groups in total. The lowest BCUT2D eigenvalue weighted by molar-refractivity contribution is -0.116. The van der Waals surface area contributed by atoms with Gasteiger partial charge < -0.3 is 14.8 Å². The second kappa shape index (κ2) is 8.62. The zero-order chi connectivity index (χ0) is 17.5. The number of nitrogens with zero attached hydrogens (tertiary/aromatic N) is 1. The van der Waals surface area contributed by atoms with Crippen LogP contribution in [0.25, 0.3) is 0 Å². The lowest BCUT2D eigenvalue weighted by Crippen LogP contribution is -2.16. The molecule has 0 saturated carbocycles. The molecule has 132 valence electrons. The van der Waals surface area contributed by atoms with Crippen molar-refractivity contribution in [3.8, 4) is 5.75 Å². The van der Waals surface area contributed by atoms with E-state index in [1.54, 1.807) is 6.20 Å². The van der Waals surface area contributed by atoms with E-state index in [0.717, 1.165) is 25.0 Å². The van der Waals surface area contributed by atoms with Crippen LogP contribution in [0.3, 0.4) is 0 Å². The minimum atomic E-state index is -0.0166. The molecule has 1 aromatic carbocycles. The van der Waals surface area contributed by atoms with Crippen LogP contribution in [0.15, 0.2) is 48.7 Å². The van der Waals surface area contributed by atoms with Gasteiger partial charge in [0, 0.05) is 12.6 Å². The summed E-state index contributed by atoms with van der Waals surface area (Å²) in [6, 6.07) is 13.2. The van der Waals surface area contributed by atoms with Crippen molar-refractivity contribution < 1.29 is 14.3 Å². The Balaban J connectivity index is 1.52. The van der Waals surface area contributed by atoms with E-state index in [9.17, 15) is 4.79 Å². The van der Waals surface area contributed by atoms with E-state index in [0.29, 0.717) is 30.6 Å². The number of hydrogen-bond acceptors (Lipinski definition) is 4. The molecule has 5 heteroatoms. The summed E-state index contributed by atoms with van der Waals surface area (Å²) in [6.45, 7) is 2.44. The smallest absolute Gasteiger partial charge is 0.224 e. The van der Waals surface area contributed by atoms with E-state index in [1.807, 2.05) is 42.5 Å². The number of hydrogen-bond donors (Lipinski definition) is 1. The number of nitrogens with one attached hydrogen (secondary N) is 1. The number of aromatic nitrogens is 1. The molecule has 1 aliphatic heterocycles. The third-order valence-electron chi connectivity index (χ3n) is 4.28. The van der Waals surface area contributed by atoms with E-state index < -0.39 is 0 Å². The van der Waals surface area contributed by atoms with Crippen molar-refractivity contribution >= 4 is 11.6 Å². The molecule has 1 aliphatic rings. The SMILES string of the molecule is C[C@H]1CC[C@H](CCC(=O)Nc2ccccc2OCc2ccccn2)O1. The number of ether oxygens (including phenoxy) is 2. The lowest BCUT2D eigenvalue weighted by Gasteiger charge is -2.13. The number of pyridine rings is 1. The predicted molar refractivity (Wildman–Crippen MR) is 96.4 cm³/mol. The molecule has 5 nitrogen and oxygen atoms in total. The molecule has 0 spiro atoms. The first-order valence-electron chi connectivity index (χ1n) is 8.78. The summed E-state index contributed by atoms with van der Waals surface area (Å²) in [4.78, 5) is 16.5. The number of anilines is 1. The summed E-state index contributed by atoms with van der Waals surface area (Å²) in [7, 11) is 0. The summed E-state index contributed by atoms with van der Waals surface area (Å²) in [5.74, 6) is 0.629. The first kappa shape index (κ1) is 17.4. The van der Waals surface area contributed by atoms with Crippen LogP contribution in [0.2, 0.25) is 0 Å². The maximum absolute atomic E-state index is 12.2. The van der Waals surface area contributed by atoms with Gasteiger partial charge in [-0.2, -0.15) is 0 Å². The maximum atomic E-state index is 12.2. The number of carbonyl (C=O) groups is 1. The lowest BCUT2D eigenvalue weighted by atomic mass is 10.1. The second-order valence-corrected chi connectivity index (χ2v) is 6.34. The van der Waals surface area contributed by atoms with Crippen LogP contribution < -0.4 is 10.1 Å². The van der Waals surface area contributed by atoms with Gasteiger partial charge in [-0.1, -0.05) is 18.2 Å². The third-order valence-corrected chi connectivity index (χ3v) is 4.28. The summed E-state index contributed by atoms with van der Waals surface area (Å²) < 4.78 is 11.6. The fourth-order valence-electron chi connectivity index (χ4n) is 2.93. The molecule has 1 fully saturated rings. The van der Waals surface area contributed by atoms with Crippen LogP contribution in [0.1, 0.15) is 38.3 Å². The highest BCUT2D eigenvalue weighted by Crippen LogP contribution is 2.26. The highest BCUT2D eigenvalue weighted by molar-refractivity contribution is 5.92. The standard InChI is InChI=1S/C20H24N2O3/c1-15-9-10-17(25-15)11-12-20(23)22-18-7-2-3-8-19(18)24-14-16-6-4-5-13-21-16/h2-8,13,15,17H,9-12,14H2,1H3,(H,22,23)/t15-,17+/m0/s1. The Hall–Kier alpha value is -2.40. The van der Waals surface area contributed by atoms with E-state index in [-0.39, 0.29) is 12.0 Å². The first-order valence-corrected chi connectivity index (χ1v) is 8.78. The van der Waals surface area contributed by atoms with Gasteiger partial charge in [-0.25, -0.2) is 0 Å². The molecule has 0 radical (unpaired) electrons. The van der Waals surface area contributed by atoms with Crippen molar-refractivity contribution in [1.82, 2.24) is 4.98 Å². The van der Waals surface area contributed by atoms with Crippen molar-refractivity contribution in [3.63, 3.8) is 0 Å². The highest BCUT2D eigenvalue weighted by Gasteiger charge is 2.22. The quantitative estimate of drug-likeness (QED) is 0.829. The zero-order valence-corrected chi connectivity index (χ0v) is 14.5. The van der Waals surface area contributed by atoms with Gasteiger partial charge in [0.05, 0.1) is 23.6 Å². The third kappa shape index (κ3) is 5.29. The highest BCUT2D eigenvalue weighted by atomic mass is 16.5. The molecule has 2 atom stereocenters. The molecular weight excluding hydrogens is 316 g/mol. The fraction of sp³-hybridized carbons (Fsp3) is 0.400. The molecule has 0 aliphatic carbocycles. The van der Waals surface area contributed by atoms with Crippen LogP contribution in [0, 0.1) is 0 Å². The Morgan fingerprint density at radius 1 is 1.24 bits per heavy atom. The molecule has 2 aromatic rings. The van der Waals surface area contributed by atoms with Gasteiger partial charge in [0.1, 0.15) is 12.4 Å². The van der Waals surface area contributed by atoms with E-state index in [2.05, 4.69) is 17.2 Å². The Morgan fingerprint density at radius 2 is 2.08 bits per heavy atom. The van der Waals surface area contributed by atoms with Crippen molar-refractivity contribution in [3.05, 3.63) is 54.4 Å².